The molecule has 1 rings (SSSR count). The van der Waals surface area contributed by atoms with E-state index in [2.05, 4.69) is 4.74 Å². The first-order valence-electron chi connectivity index (χ1n) is 5.15. The van der Waals surface area contributed by atoms with Gasteiger partial charge < -0.3 is 15.6 Å². The van der Waals surface area contributed by atoms with E-state index in [1.54, 1.807) is 0 Å². The van der Waals surface area contributed by atoms with E-state index in [1.165, 1.54) is 7.11 Å². The van der Waals surface area contributed by atoms with Crippen LogP contribution in [0.3, 0.4) is 0 Å². The molecule has 5 heteroatoms. The Morgan fingerprint density at radius 2 is 2.00 bits per heavy atom. The van der Waals surface area contributed by atoms with Crippen LogP contribution in [0.2, 0.25) is 0 Å². The second kappa shape index (κ2) is 7.04. The Morgan fingerprint density at radius 1 is 1.47 bits per heavy atom. The van der Waals surface area contributed by atoms with Gasteiger partial charge in [-0.05, 0) is 38.0 Å². The molecule has 0 saturated heterocycles. The molecule has 0 aromatic carbocycles. The number of hydrogen-bond donors (Lipinski definition) is 2. The number of halogens is 1. The highest BCUT2D eigenvalue weighted by Gasteiger charge is 2.24. The number of hydrogen-bond acceptors (Lipinski definition) is 4. The van der Waals surface area contributed by atoms with Crippen LogP contribution in [0, 0.1) is 5.92 Å². The molecule has 0 bridgehead atoms. The SMILES string of the molecule is COC(=O)C(N)CC1CCC(O)CC1.Cl. The van der Waals surface area contributed by atoms with E-state index in [0.717, 1.165) is 25.7 Å². The topological polar surface area (TPSA) is 72.5 Å². The summed E-state index contributed by atoms with van der Waals surface area (Å²) < 4.78 is 4.56. The summed E-state index contributed by atoms with van der Waals surface area (Å²) in [5.41, 5.74) is 5.66. The number of esters is 1. The molecule has 0 heterocycles. The maximum absolute atomic E-state index is 11.1. The van der Waals surface area contributed by atoms with Crippen LogP contribution in [0.15, 0.2) is 0 Å². The smallest absolute Gasteiger partial charge is 0.322 e. The van der Waals surface area contributed by atoms with Crippen molar-refractivity contribution in [2.45, 2.75) is 44.2 Å². The minimum Gasteiger partial charge on any atom is -0.468 e. The predicted octanol–water partition coefficient (Wildman–Crippen LogP) is 0.850. The van der Waals surface area contributed by atoms with E-state index >= 15 is 0 Å². The van der Waals surface area contributed by atoms with Crippen LogP contribution in [-0.2, 0) is 9.53 Å². The molecule has 3 N–H and O–H groups in total. The quantitative estimate of drug-likeness (QED) is 0.714. The third kappa shape index (κ3) is 4.82. The molecular formula is C10H20ClNO3. The van der Waals surface area contributed by atoms with Gasteiger partial charge in [0, 0.05) is 0 Å². The minimum absolute atomic E-state index is 0. The van der Waals surface area contributed by atoms with Gasteiger partial charge in [-0.1, -0.05) is 0 Å². The largest absolute Gasteiger partial charge is 0.468 e. The Labute approximate surface area is 96.6 Å². The fourth-order valence-electron chi connectivity index (χ4n) is 1.99. The molecule has 0 aliphatic heterocycles. The molecule has 0 aromatic rings. The first-order valence-corrected chi connectivity index (χ1v) is 5.15. The van der Waals surface area contributed by atoms with Gasteiger partial charge in [0.25, 0.3) is 0 Å². The Bertz CT molecular complexity index is 193. The number of rotatable bonds is 3. The molecule has 1 saturated carbocycles. The third-order valence-corrected chi connectivity index (χ3v) is 2.91. The molecule has 15 heavy (non-hydrogen) atoms. The van der Waals surface area contributed by atoms with Gasteiger partial charge in [0.1, 0.15) is 6.04 Å². The van der Waals surface area contributed by atoms with Gasteiger partial charge in [-0.2, -0.15) is 0 Å². The van der Waals surface area contributed by atoms with Crippen LogP contribution in [0.25, 0.3) is 0 Å². The van der Waals surface area contributed by atoms with Crippen molar-refractivity contribution in [1.29, 1.82) is 0 Å². The minimum atomic E-state index is -0.500. The lowest BCUT2D eigenvalue weighted by Gasteiger charge is -2.26. The predicted molar refractivity (Wildman–Crippen MR) is 59.8 cm³/mol. The zero-order valence-electron chi connectivity index (χ0n) is 9.02. The molecule has 0 amide bonds. The van der Waals surface area contributed by atoms with E-state index in [9.17, 15) is 9.90 Å². The normalized spacial score (nSPS) is 27.7. The van der Waals surface area contributed by atoms with Gasteiger partial charge in [-0.25, -0.2) is 0 Å². The van der Waals surface area contributed by atoms with Gasteiger partial charge in [-0.15, -0.1) is 12.4 Å². The van der Waals surface area contributed by atoms with Gasteiger partial charge in [0.05, 0.1) is 13.2 Å². The summed E-state index contributed by atoms with van der Waals surface area (Å²) in [7, 11) is 1.35. The highest BCUT2D eigenvalue weighted by molar-refractivity contribution is 5.85. The maximum Gasteiger partial charge on any atom is 0.322 e. The van der Waals surface area contributed by atoms with Crippen molar-refractivity contribution in [2.75, 3.05) is 7.11 Å². The zero-order valence-corrected chi connectivity index (χ0v) is 9.83. The highest BCUT2D eigenvalue weighted by atomic mass is 35.5. The molecule has 90 valence electrons. The highest BCUT2D eigenvalue weighted by Crippen LogP contribution is 2.27. The summed E-state index contributed by atoms with van der Waals surface area (Å²) in [6.07, 6.45) is 4.12. The molecule has 1 aliphatic carbocycles. The molecular weight excluding hydrogens is 218 g/mol. The number of methoxy groups -OCH3 is 1. The van der Waals surface area contributed by atoms with Gasteiger partial charge in [-0.3, -0.25) is 4.79 Å². The summed E-state index contributed by atoms with van der Waals surface area (Å²) in [6, 6.07) is -0.500. The van der Waals surface area contributed by atoms with Crippen LogP contribution in [0.4, 0.5) is 0 Å². The number of ether oxygens (including phenoxy) is 1. The average molecular weight is 238 g/mol. The second-order valence-corrected chi connectivity index (χ2v) is 4.04. The first kappa shape index (κ1) is 14.7. The van der Waals surface area contributed by atoms with Crippen LogP contribution in [-0.4, -0.2) is 30.3 Å². The van der Waals surface area contributed by atoms with E-state index < -0.39 is 6.04 Å². The Kier molecular flexibility index (Phi) is 6.89. The number of aliphatic hydroxyl groups is 1. The number of aliphatic hydroxyl groups excluding tert-OH is 1. The third-order valence-electron chi connectivity index (χ3n) is 2.91. The summed E-state index contributed by atoms with van der Waals surface area (Å²) in [5.74, 6) is 0.128. The number of carbonyl (C=O) groups is 1. The second-order valence-electron chi connectivity index (χ2n) is 4.04. The van der Waals surface area contributed by atoms with E-state index in [4.69, 9.17) is 5.73 Å². The lowest BCUT2D eigenvalue weighted by molar-refractivity contribution is -0.142. The van der Waals surface area contributed by atoms with Crippen molar-refractivity contribution in [2.24, 2.45) is 11.7 Å². The lowest BCUT2D eigenvalue weighted by Crippen LogP contribution is -2.34. The molecule has 1 fully saturated rings. The first-order chi connectivity index (χ1) is 6.63. The molecule has 0 radical (unpaired) electrons. The zero-order chi connectivity index (χ0) is 10.6. The molecule has 1 aliphatic rings. The van der Waals surface area contributed by atoms with E-state index in [-0.39, 0.29) is 24.5 Å². The summed E-state index contributed by atoms with van der Waals surface area (Å²) >= 11 is 0. The van der Waals surface area contributed by atoms with Crippen LogP contribution in [0.5, 0.6) is 0 Å². The monoisotopic (exact) mass is 237 g/mol. The molecule has 4 nitrogen and oxygen atoms in total. The Balaban J connectivity index is 0.00000196. The average Bonchev–Trinajstić information content (AvgIpc) is 2.20. The molecule has 1 atom stereocenters. The number of carbonyl (C=O) groups excluding carboxylic acids is 1. The van der Waals surface area contributed by atoms with Crippen LogP contribution < -0.4 is 5.73 Å². The van der Waals surface area contributed by atoms with Crippen molar-refractivity contribution in [3.63, 3.8) is 0 Å². The lowest BCUT2D eigenvalue weighted by atomic mass is 9.83. The standard InChI is InChI=1S/C10H19NO3.ClH/c1-14-10(13)9(11)6-7-2-4-8(12)5-3-7;/h7-9,12H,2-6,11H2,1H3;1H. The van der Waals surface area contributed by atoms with Crippen molar-refractivity contribution in [3.05, 3.63) is 0 Å². The Morgan fingerprint density at radius 3 is 2.47 bits per heavy atom. The van der Waals surface area contributed by atoms with Crippen LogP contribution in [0.1, 0.15) is 32.1 Å². The number of nitrogens with two attached hydrogens (primary N) is 1. The fourth-order valence-corrected chi connectivity index (χ4v) is 1.99. The van der Waals surface area contributed by atoms with Crippen LogP contribution >= 0.6 is 12.4 Å². The van der Waals surface area contributed by atoms with E-state index in [1.807, 2.05) is 0 Å². The van der Waals surface area contributed by atoms with Crippen molar-refractivity contribution in [3.8, 4) is 0 Å². The van der Waals surface area contributed by atoms with Gasteiger partial charge in [0.15, 0.2) is 0 Å². The molecule has 1 unspecified atom stereocenters. The van der Waals surface area contributed by atoms with Crippen molar-refractivity contribution < 1.29 is 14.6 Å². The fraction of sp³-hybridized carbons (Fsp3) is 0.900. The van der Waals surface area contributed by atoms with Crippen molar-refractivity contribution >= 4 is 18.4 Å². The van der Waals surface area contributed by atoms with Crippen molar-refractivity contribution in [1.82, 2.24) is 0 Å². The Hall–Kier alpha value is -0.320. The summed E-state index contributed by atoms with van der Waals surface area (Å²) in [4.78, 5) is 11.1. The summed E-state index contributed by atoms with van der Waals surface area (Å²) in [5, 5.41) is 9.29. The molecule has 0 aromatic heterocycles. The van der Waals surface area contributed by atoms with E-state index in [0.29, 0.717) is 12.3 Å². The molecule has 0 spiro atoms. The van der Waals surface area contributed by atoms with Gasteiger partial charge in [0.2, 0.25) is 0 Å². The maximum atomic E-state index is 11.1. The van der Waals surface area contributed by atoms with Gasteiger partial charge >= 0.3 is 5.97 Å². The summed E-state index contributed by atoms with van der Waals surface area (Å²) in [6.45, 7) is 0.